The Hall–Kier alpha value is -1.73. The maximum atomic E-state index is 12.9. The zero-order valence-corrected chi connectivity index (χ0v) is 9.63. The molecule has 1 aromatic heterocycles. The Kier molecular flexibility index (Phi) is 3.18. The van der Waals surface area contributed by atoms with Gasteiger partial charge >= 0.3 is 6.18 Å². The first-order chi connectivity index (χ1) is 8.43. The van der Waals surface area contributed by atoms with Crippen molar-refractivity contribution < 1.29 is 13.2 Å². The molecule has 0 atom stereocenters. The number of aromatic nitrogens is 2. The van der Waals surface area contributed by atoms with Crippen molar-refractivity contribution in [2.24, 2.45) is 5.84 Å². The molecule has 3 N–H and O–H groups in total. The third-order valence-electron chi connectivity index (χ3n) is 2.26. The van der Waals surface area contributed by atoms with E-state index in [1.807, 2.05) is 5.43 Å². The molecular formula is C10H8ClF3N4. The molecule has 1 heterocycles. The molecule has 96 valence electrons. The predicted octanol–water partition coefficient (Wildman–Crippen LogP) is 2.83. The van der Waals surface area contributed by atoms with Gasteiger partial charge in [0.2, 0.25) is 0 Å². The Bertz CT molecular complexity index is 547. The van der Waals surface area contributed by atoms with E-state index in [0.717, 1.165) is 10.9 Å². The van der Waals surface area contributed by atoms with Gasteiger partial charge in [-0.1, -0.05) is 11.6 Å². The number of nitrogens with zero attached hydrogens (tertiary/aromatic N) is 2. The SMILES string of the molecule is NNc1cnn(-c2ccc(Cl)cc2)c1C(F)(F)F. The van der Waals surface area contributed by atoms with Crippen molar-refractivity contribution in [2.45, 2.75) is 6.18 Å². The Morgan fingerprint density at radius 1 is 1.22 bits per heavy atom. The monoisotopic (exact) mass is 276 g/mol. The van der Waals surface area contributed by atoms with Crippen molar-refractivity contribution in [3.05, 3.63) is 41.2 Å². The van der Waals surface area contributed by atoms with E-state index in [-0.39, 0.29) is 11.4 Å². The fourth-order valence-electron chi connectivity index (χ4n) is 1.50. The highest BCUT2D eigenvalue weighted by atomic mass is 35.5. The first-order valence-corrected chi connectivity index (χ1v) is 5.19. The van der Waals surface area contributed by atoms with Gasteiger partial charge in [-0.05, 0) is 24.3 Å². The maximum absolute atomic E-state index is 12.9. The topological polar surface area (TPSA) is 55.9 Å². The molecule has 1 aromatic carbocycles. The van der Waals surface area contributed by atoms with Crippen LogP contribution in [0.25, 0.3) is 5.69 Å². The first kappa shape index (κ1) is 12.7. The smallest absolute Gasteiger partial charge is 0.321 e. The average molecular weight is 277 g/mol. The van der Waals surface area contributed by atoms with Crippen LogP contribution in [0.2, 0.25) is 5.02 Å². The van der Waals surface area contributed by atoms with Crippen LogP contribution in [-0.4, -0.2) is 9.78 Å². The Labute approximate surface area is 105 Å². The molecule has 2 aromatic rings. The number of nitrogens with one attached hydrogen (secondary N) is 1. The van der Waals surface area contributed by atoms with Gasteiger partial charge in [-0.15, -0.1) is 0 Å². The first-order valence-electron chi connectivity index (χ1n) is 4.81. The largest absolute Gasteiger partial charge is 0.435 e. The van der Waals surface area contributed by atoms with Crippen LogP contribution in [0.1, 0.15) is 5.69 Å². The lowest BCUT2D eigenvalue weighted by molar-refractivity contribution is -0.142. The van der Waals surface area contributed by atoms with Crippen molar-refractivity contribution in [2.75, 3.05) is 5.43 Å². The van der Waals surface area contributed by atoms with Gasteiger partial charge in [0.1, 0.15) is 0 Å². The molecule has 4 nitrogen and oxygen atoms in total. The van der Waals surface area contributed by atoms with E-state index in [1.54, 1.807) is 0 Å². The van der Waals surface area contributed by atoms with Gasteiger partial charge in [0, 0.05) is 5.02 Å². The van der Waals surface area contributed by atoms with Crippen LogP contribution in [0.4, 0.5) is 18.9 Å². The van der Waals surface area contributed by atoms with Gasteiger partial charge in [0.25, 0.3) is 0 Å². The second-order valence-corrected chi connectivity index (χ2v) is 3.87. The van der Waals surface area contributed by atoms with Gasteiger partial charge < -0.3 is 5.43 Å². The van der Waals surface area contributed by atoms with Crippen LogP contribution in [0.5, 0.6) is 0 Å². The number of hydrazine groups is 1. The summed E-state index contributed by atoms with van der Waals surface area (Å²) < 4.78 is 39.5. The van der Waals surface area contributed by atoms with Crippen molar-refractivity contribution in [1.82, 2.24) is 9.78 Å². The number of hydrogen-bond donors (Lipinski definition) is 2. The summed E-state index contributed by atoms with van der Waals surface area (Å²) in [5.41, 5.74) is 0.959. The van der Waals surface area contributed by atoms with Gasteiger partial charge in [-0.2, -0.15) is 18.3 Å². The number of benzene rings is 1. The molecule has 0 fully saturated rings. The van der Waals surface area contributed by atoms with E-state index in [9.17, 15) is 13.2 Å². The number of nitrogens with two attached hydrogens (primary N) is 1. The van der Waals surface area contributed by atoms with Crippen molar-refractivity contribution in [1.29, 1.82) is 0 Å². The summed E-state index contributed by atoms with van der Waals surface area (Å²) >= 11 is 5.68. The Morgan fingerprint density at radius 2 is 1.83 bits per heavy atom. The Balaban J connectivity index is 2.58. The van der Waals surface area contributed by atoms with E-state index in [2.05, 4.69) is 5.10 Å². The number of anilines is 1. The zero-order chi connectivity index (χ0) is 13.3. The van der Waals surface area contributed by atoms with Crippen LogP contribution >= 0.6 is 11.6 Å². The lowest BCUT2D eigenvalue weighted by Gasteiger charge is -2.12. The molecule has 2 rings (SSSR count). The van der Waals surface area contributed by atoms with Crippen LogP contribution in [-0.2, 0) is 6.18 Å². The van der Waals surface area contributed by atoms with Gasteiger partial charge in [0.15, 0.2) is 5.69 Å². The highest BCUT2D eigenvalue weighted by Crippen LogP contribution is 2.35. The molecule has 0 amide bonds. The molecule has 0 spiro atoms. The Morgan fingerprint density at radius 3 is 2.33 bits per heavy atom. The number of alkyl halides is 3. The molecular weight excluding hydrogens is 269 g/mol. The third-order valence-corrected chi connectivity index (χ3v) is 2.52. The van der Waals surface area contributed by atoms with E-state index in [1.165, 1.54) is 24.3 Å². The molecule has 18 heavy (non-hydrogen) atoms. The van der Waals surface area contributed by atoms with Gasteiger partial charge in [0.05, 0.1) is 17.6 Å². The summed E-state index contributed by atoms with van der Waals surface area (Å²) in [6.45, 7) is 0. The highest BCUT2D eigenvalue weighted by Gasteiger charge is 2.38. The second-order valence-electron chi connectivity index (χ2n) is 3.44. The van der Waals surface area contributed by atoms with E-state index in [0.29, 0.717) is 5.02 Å². The number of halogens is 4. The third kappa shape index (κ3) is 2.27. The van der Waals surface area contributed by atoms with Crippen molar-refractivity contribution >= 4 is 17.3 Å². The van der Waals surface area contributed by atoms with Crippen LogP contribution in [0, 0.1) is 0 Å². The van der Waals surface area contributed by atoms with Crippen LogP contribution in [0.3, 0.4) is 0 Å². The van der Waals surface area contributed by atoms with E-state index >= 15 is 0 Å². The molecule has 0 saturated carbocycles. The normalized spacial score (nSPS) is 11.6. The molecule has 8 heteroatoms. The summed E-state index contributed by atoms with van der Waals surface area (Å²) in [7, 11) is 0. The summed E-state index contributed by atoms with van der Waals surface area (Å²) in [5, 5.41) is 4.09. The number of nitrogen functional groups attached to an aromatic ring is 1. The fraction of sp³-hybridized carbons (Fsp3) is 0.100. The molecule has 0 aliphatic heterocycles. The molecule has 0 aliphatic carbocycles. The quantitative estimate of drug-likeness (QED) is 0.655. The molecule has 0 aliphatic rings. The van der Waals surface area contributed by atoms with Gasteiger partial charge in [-0.3, -0.25) is 5.84 Å². The van der Waals surface area contributed by atoms with Gasteiger partial charge in [-0.25, -0.2) is 4.68 Å². The lowest BCUT2D eigenvalue weighted by Crippen LogP contribution is -2.17. The molecule has 0 radical (unpaired) electrons. The fourth-order valence-corrected chi connectivity index (χ4v) is 1.63. The van der Waals surface area contributed by atoms with Crippen LogP contribution < -0.4 is 11.3 Å². The minimum atomic E-state index is -4.57. The minimum absolute atomic E-state index is 0.244. The predicted molar refractivity (Wildman–Crippen MR) is 61.4 cm³/mol. The van der Waals surface area contributed by atoms with E-state index in [4.69, 9.17) is 17.4 Å². The maximum Gasteiger partial charge on any atom is 0.435 e. The highest BCUT2D eigenvalue weighted by molar-refractivity contribution is 6.30. The second kappa shape index (κ2) is 4.51. The van der Waals surface area contributed by atoms with Crippen molar-refractivity contribution in [3.63, 3.8) is 0 Å². The standard InChI is InChI=1S/C10H8ClF3N4/c11-6-1-3-7(4-2-6)18-9(10(12,13)14)8(17-15)5-16-18/h1-5,17H,15H2. The summed E-state index contributed by atoms with van der Waals surface area (Å²) in [5.74, 6) is 5.04. The zero-order valence-electron chi connectivity index (χ0n) is 8.87. The lowest BCUT2D eigenvalue weighted by atomic mass is 10.3. The summed E-state index contributed by atoms with van der Waals surface area (Å²) in [6.07, 6.45) is -3.56. The molecule has 0 bridgehead atoms. The number of hydrogen-bond acceptors (Lipinski definition) is 3. The van der Waals surface area contributed by atoms with Crippen molar-refractivity contribution in [3.8, 4) is 5.69 Å². The minimum Gasteiger partial charge on any atom is -0.321 e. The molecule has 0 saturated heterocycles. The summed E-state index contributed by atoms with van der Waals surface area (Å²) in [6, 6.07) is 5.83. The number of rotatable bonds is 2. The summed E-state index contributed by atoms with van der Waals surface area (Å²) in [4.78, 5) is 0. The van der Waals surface area contributed by atoms with E-state index < -0.39 is 11.9 Å². The van der Waals surface area contributed by atoms with Crippen LogP contribution in [0.15, 0.2) is 30.5 Å². The average Bonchev–Trinajstić information content (AvgIpc) is 2.73. The molecule has 0 unspecified atom stereocenters.